The molecule has 3 rings (SSSR count). The Morgan fingerprint density at radius 2 is 2.32 bits per heavy atom. The van der Waals surface area contributed by atoms with Crippen LogP contribution in [0.25, 0.3) is 0 Å². The van der Waals surface area contributed by atoms with E-state index in [0.29, 0.717) is 22.5 Å². The molecule has 0 fully saturated rings. The summed E-state index contributed by atoms with van der Waals surface area (Å²) in [6.45, 7) is 2.47. The Hall–Kier alpha value is -1.97. The van der Waals surface area contributed by atoms with Gasteiger partial charge in [-0.3, -0.25) is 4.79 Å². The van der Waals surface area contributed by atoms with Crippen LogP contribution in [-0.2, 0) is 17.8 Å². The maximum Gasteiger partial charge on any atom is 0.238 e. The molecule has 1 amide bonds. The molecule has 0 saturated heterocycles. The molecule has 0 aliphatic carbocycles. The molecule has 3 aromatic heterocycles. The molecule has 0 aliphatic heterocycles. The van der Waals surface area contributed by atoms with Gasteiger partial charge in [0.2, 0.25) is 11.1 Å². The van der Waals surface area contributed by atoms with Crippen molar-refractivity contribution in [1.29, 1.82) is 0 Å². The number of nitrogens with zero attached hydrogens (tertiary/aromatic N) is 5. The minimum Gasteiger partial charge on any atom is -0.310 e. The Labute approximate surface area is 157 Å². The van der Waals surface area contributed by atoms with Crippen LogP contribution >= 0.6 is 34.7 Å². The van der Waals surface area contributed by atoms with Crippen molar-refractivity contribution in [3.05, 3.63) is 45.7 Å². The van der Waals surface area contributed by atoms with Gasteiger partial charge in [-0.05, 0) is 40.9 Å². The number of amides is 1. The number of rotatable bonds is 7. The zero-order valence-corrected chi connectivity index (χ0v) is 15.7. The number of hydrogen-bond acceptors (Lipinski definition) is 7. The fourth-order valence-electron chi connectivity index (χ4n) is 1.98. The minimum atomic E-state index is -0.371. The summed E-state index contributed by atoms with van der Waals surface area (Å²) >= 11 is 8.80. The summed E-state index contributed by atoms with van der Waals surface area (Å²) < 4.78 is 1.72. The maximum atomic E-state index is 12.3. The zero-order valence-electron chi connectivity index (χ0n) is 13.3. The van der Waals surface area contributed by atoms with Crippen molar-refractivity contribution in [2.75, 3.05) is 5.32 Å². The lowest BCUT2D eigenvalue weighted by Gasteiger charge is -2.11. The normalized spacial score (nSPS) is 12.1. The van der Waals surface area contributed by atoms with Crippen molar-refractivity contribution in [2.24, 2.45) is 0 Å². The number of tetrazole rings is 1. The minimum absolute atomic E-state index is 0.173. The second-order valence-corrected chi connectivity index (χ2v) is 7.90. The van der Waals surface area contributed by atoms with Crippen molar-refractivity contribution in [3.63, 3.8) is 0 Å². The average molecular weight is 395 g/mol. The first-order valence-electron chi connectivity index (χ1n) is 7.49. The Bertz CT molecular complexity index is 821. The van der Waals surface area contributed by atoms with Crippen molar-refractivity contribution >= 4 is 46.4 Å². The molecule has 1 N–H and O–H groups in total. The lowest BCUT2D eigenvalue weighted by Crippen LogP contribution is -2.23. The number of aromatic nitrogens is 5. The molecular formula is C15H15ClN6OS2. The van der Waals surface area contributed by atoms with E-state index in [4.69, 9.17) is 11.6 Å². The molecule has 0 spiro atoms. The third-order valence-electron chi connectivity index (χ3n) is 3.28. The fraction of sp³-hybridized carbons (Fsp3) is 0.267. The Balaban J connectivity index is 1.57. The average Bonchev–Trinajstić information content (AvgIpc) is 3.26. The standard InChI is InChI=1S/C15H15ClN6OS2/c1-10(14(23)18-13-5-4-11(16)9-17-13)25-15-19-20-21-22(15)7-6-12-3-2-8-24-12/h2-5,8-10H,6-7H2,1H3,(H,17,18,23)/t10-/m0/s1. The van der Waals surface area contributed by atoms with Gasteiger partial charge in [0.15, 0.2) is 0 Å². The van der Waals surface area contributed by atoms with E-state index >= 15 is 0 Å². The Morgan fingerprint density at radius 1 is 1.44 bits per heavy atom. The quantitative estimate of drug-likeness (QED) is 0.619. The highest BCUT2D eigenvalue weighted by atomic mass is 35.5. The third-order valence-corrected chi connectivity index (χ3v) is 5.51. The van der Waals surface area contributed by atoms with Gasteiger partial charge in [0, 0.05) is 17.5 Å². The van der Waals surface area contributed by atoms with E-state index in [9.17, 15) is 4.79 Å². The molecule has 0 aromatic carbocycles. The van der Waals surface area contributed by atoms with E-state index in [2.05, 4.69) is 31.9 Å². The Kier molecular flexibility index (Phi) is 6.00. The van der Waals surface area contributed by atoms with Crippen LogP contribution in [0.1, 0.15) is 11.8 Å². The number of thioether (sulfide) groups is 1. The monoisotopic (exact) mass is 394 g/mol. The largest absolute Gasteiger partial charge is 0.310 e. The lowest BCUT2D eigenvalue weighted by molar-refractivity contribution is -0.115. The second-order valence-electron chi connectivity index (χ2n) is 5.12. The molecule has 0 saturated carbocycles. The number of hydrogen-bond donors (Lipinski definition) is 1. The van der Waals surface area contributed by atoms with Gasteiger partial charge in [0.05, 0.1) is 16.8 Å². The summed E-state index contributed by atoms with van der Waals surface area (Å²) in [7, 11) is 0. The SMILES string of the molecule is C[C@H](Sc1nnnn1CCc1cccs1)C(=O)Nc1ccc(Cl)cn1. The lowest BCUT2D eigenvalue weighted by atomic mass is 10.3. The van der Waals surface area contributed by atoms with Gasteiger partial charge in [-0.15, -0.1) is 16.4 Å². The van der Waals surface area contributed by atoms with Crippen molar-refractivity contribution in [2.45, 2.75) is 30.3 Å². The van der Waals surface area contributed by atoms with Gasteiger partial charge < -0.3 is 5.32 Å². The molecule has 3 heterocycles. The smallest absolute Gasteiger partial charge is 0.238 e. The van der Waals surface area contributed by atoms with Crippen LogP contribution in [0.15, 0.2) is 41.0 Å². The van der Waals surface area contributed by atoms with Crippen LogP contribution in [0.3, 0.4) is 0 Å². The van der Waals surface area contributed by atoms with Crippen LogP contribution in [0, 0.1) is 0 Å². The fourth-order valence-corrected chi connectivity index (χ4v) is 3.61. The van der Waals surface area contributed by atoms with Crippen LogP contribution in [0.5, 0.6) is 0 Å². The number of halogens is 1. The topological polar surface area (TPSA) is 85.6 Å². The third kappa shape index (κ3) is 5.00. The molecule has 1 atom stereocenters. The molecule has 10 heteroatoms. The molecule has 0 unspecified atom stereocenters. The first-order chi connectivity index (χ1) is 12.1. The molecule has 7 nitrogen and oxygen atoms in total. The Morgan fingerprint density at radius 3 is 3.04 bits per heavy atom. The van der Waals surface area contributed by atoms with Gasteiger partial charge >= 0.3 is 0 Å². The highest BCUT2D eigenvalue weighted by Gasteiger charge is 2.19. The van der Waals surface area contributed by atoms with E-state index in [0.717, 1.165) is 6.42 Å². The second kappa shape index (κ2) is 8.41. The molecule has 25 heavy (non-hydrogen) atoms. The van der Waals surface area contributed by atoms with Crippen molar-refractivity contribution in [3.8, 4) is 0 Å². The first-order valence-corrected chi connectivity index (χ1v) is 9.63. The highest BCUT2D eigenvalue weighted by Crippen LogP contribution is 2.22. The van der Waals surface area contributed by atoms with E-state index in [1.54, 1.807) is 35.1 Å². The van der Waals surface area contributed by atoms with Crippen molar-refractivity contribution < 1.29 is 4.79 Å². The molecule has 0 radical (unpaired) electrons. The summed E-state index contributed by atoms with van der Waals surface area (Å²) in [5, 5.41) is 17.3. The van der Waals surface area contributed by atoms with Crippen molar-refractivity contribution in [1.82, 2.24) is 25.2 Å². The summed E-state index contributed by atoms with van der Waals surface area (Å²) in [6, 6.07) is 7.43. The van der Waals surface area contributed by atoms with E-state index in [-0.39, 0.29) is 11.2 Å². The summed E-state index contributed by atoms with van der Waals surface area (Å²) in [6.07, 6.45) is 2.34. The highest BCUT2D eigenvalue weighted by molar-refractivity contribution is 8.00. The van der Waals surface area contributed by atoms with Gasteiger partial charge in [-0.2, -0.15) is 0 Å². The first kappa shape index (κ1) is 17.8. The van der Waals surface area contributed by atoms with Crippen LogP contribution in [0.2, 0.25) is 5.02 Å². The maximum absolute atomic E-state index is 12.3. The zero-order chi connectivity index (χ0) is 17.6. The predicted molar refractivity (Wildman–Crippen MR) is 99.0 cm³/mol. The summed E-state index contributed by atoms with van der Waals surface area (Å²) in [5.74, 6) is 0.284. The van der Waals surface area contributed by atoms with E-state index < -0.39 is 0 Å². The van der Waals surface area contributed by atoms with E-state index in [1.165, 1.54) is 22.8 Å². The molecule has 0 aliphatic rings. The number of pyridine rings is 1. The summed E-state index contributed by atoms with van der Waals surface area (Å²) in [4.78, 5) is 17.6. The number of carbonyl (C=O) groups is 1. The molecule has 3 aromatic rings. The number of carbonyl (C=O) groups excluding carboxylic acids is 1. The summed E-state index contributed by atoms with van der Waals surface area (Å²) in [5.41, 5.74) is 0. The van der Waals surface area contributed by atoms with Crippen LogP contribution < -0.4 is 5.32 Å². The number of thiophene rings is 1. The van der Waals surface area contributed by atoms with Gasteiger partial charge in [0.1, 0.15) is 5.82 Å². The molecular weight excluding hydrogens is 380 g/mol. The van der Waals surface area contributed by atoms with Crippen LogP contribution in [-0.4, -0.2) is 36.3 Å². The van der Waals surface area contributed by atoms with Crippen LogP contribution in [0.4, 0.5) is 5.82 Å². The van der Waals surface area contributed by atoms with Gasteiger partial charge in [-0.1, -0.05) is 29.4 Å². The predicted octanol–water partition coefficient (Wildman–Crippen LogP) is 3.15. The number of anilines is 1. The number of aryl methyl sites for hydroxylation is 2. The van der Waals surface area contributed by atoms with E-state index in [1.807, 2.05) is 11.4 Å². The molecule has 0 bridgehead atoms. The van der Waals surface area contributed by atoms with Gasteiger partial charge in [0.25, 0.3) is 0 Å². The number of nitrogens with one attached hydrogen (secondary N) is 1. The molecule has 130 valence electrons. The van der Waals surface area contributed by atoms with Gasteiger partial charge in [-0.25, -0.2) is 9.67 Å².